The number of thiophene rings is 1. The summed E-state index contributed by atoms with van der Waals surface area (Å²) in [5.41, 5.74) is 1.09. The molecule has 0 aromatic carbocycles. The predicted octanol–water partition coefficient (Wildman–Crippen LogP) is 3.70. The van der Waals surface area contributed by atoms with Crippen molar-refractivity contribution in [2.45, 2.75) is 33.6 Å². The predicted molar refractivity (Wildman–Crippen MR) is 109 cm³/mol. The number of thiazole rings is 1. The lowest BCUT2D eigenvalue weighted by atomic mass is 10.3. The third-order valence-corrected chi connectivity index (χ3v) is 5.40. The fraction of sp³-hybridized carbons (Fsp3) is 0.556. The number of rotatable bonds is 10. The van der Waals surface area contributed by atoms with Crippen LogP contribution in [0.25, 0.3) is 10.6 Å². The second-order valence-corrected chi connectivity index (χ2v) is 7.74. The van der Waals surface area contributed by atoms with Crippen molar-refractivity contribution < 1.29 is 4.74 Å². The Balaban J connectivity index is 1.77. The molecule has 0 amide bonds. The number of hydrogen-bond donors (Lipinski definition) is 2. The van der Waals surface area contributed by atoms with Crippen molar-refractivity contribution in [3.63, 3.8) is 0 Å². The van der Waals surface area contributed by atoms with Crippen LogP contribution in [0.3, 0.4) is 0 Å². The second-order valence-electron chi connectivity index (χ2n) is 5.51. The molecule has 2 aromatic rings. The molecule has 2 rings (SSSR count). The van der Waals surface area contributed by atoms with Crippen molar-refractivity contribution in [3.8, 4) is 10.6 Å². The SMILES string of the molecule is CCNC(=NCCCOCC)NCCc1ccc(-c2csc(C)n2)s1. The Hall–Kier alpha value is -1.44. The quantitative estimate of drug-likeness (QED) is 0.375. The Morgan fingerprint density at radius 1 is 1.28 bits per heavy atom. The summed E-state index contributed by atoms with van der Waals surface area (Å²) >= 11 is 3.52. The first-order valence-corrected chi connectivity index (χ1v) is 10.5. The van der Waals surface area contributed by atoms with Gasteiger partial charge >= 0.3 is 0 Å². The van der Waals surface area contributed by atoms with Gasteiger partial charge < -0.3 is 15.4 Å². The third kappa shape index (κ3) is 7.13. The van der Waals surface area contributed by atoms with Gasteiger partial charge in [-0.2, -0.15) is 0 Å². The summed E-state index contributed by atoms with van der Waals surface area (Å²) in [7, 11) is 0. The highest BCUT2D eigenvalue weighted by molar-refractivity contribution is 7.16. The molecule has 0 aliphatic carbocycles. The highest BCUT2D eigenvalue weighted by atomic mass is 32.1. The minimum atomic E-state index is 0.769. The second kappa shape index (κ2) is 11.2. The lowest BCUT2D eigenvalue weighted by Gasteiger charge is -2.10. The van der Waals surface area contributed by atoms with E-state index in [4.69, 9.17) is 4.74 Å². The van der Waals surface area contributed by atoms with Gasteiger partial charge in [0.1, 0.15) is 0 Å². The molecule has 2 N–H and O–H groups in total. The molecule has 0 fully saturated rings. The van der Waals surface area contributed by atoms with Crippen LogP contribution in [-0.2, 0) is 11.2 Å². The summed E-state index contributed by atoms with van der Waals surface area (Å²) in [5.74, 6) is 0.880. The van der Waals surface area contributed by atoms with Crippen LogP contribution >= 0.6 is 22.7 Å². The van der Waals surface area contributed by atoms with E-state index in [0.29, 0.717) is 0 Å². The van der Waals surface area contributed by atoms with Crippen LogP contribution in [-0.4, -0.2) is 43.8 Å². The Labute approximate surface area is 158 Å². The van der Waals surface area contributed by atoms with Crippen molar-refractivity contribution in [1.29, 1.82) is 0 Å². The standard InChI is InChI=1S/C18H28N4OS2/c1-4-19-18(20-10-6-12-23-5-2)21-11-9-15-7-8-17(25-15)16-13-24-14(3)22-16/h7-8,13H,4-6,9-12H2,1-3H3,(H2,19,20,21). The molecule has 0 spiro atoms. The van der Waals surface area contributed by atoms with Crippen LogP contribution in [0.1, 0.15) is 30.2 Å². The maximum Gasteiger partial charge on any atom is 0.191 e. The van der Waals surface area contributed by atoms with Crippen molar-refractivity contribution in [2.24, 2.45) is 4.99 Å². The Kier molecular flexibility index (Phi) is 8.93. The third-order valence-electron chi connectivity index (χ3n) is 3.46. The molecule has 138 valence electrons. The van der Waals surface area contributed by atoms with Crippen LogP contribution in [0.2, 0.25) is 0 Å². The number of hydrogen-bond acceptors (Lipinski definition) is 5. The van der Waals surface area contributed by atoms with Crippen LogP contribution in [0.5, 0.6) is 0 Å². The minimum absolute atomic E-state index is 0.769. The van der Waals surface area contributed by atoms with Crippen molar-refractivity contribution in [2.75, 3.05) is 32.8 Å². The smallest absolute Gasteiger partial charge is 0.191 e. The van der Waals surface area contributed by atoms with Crippen LogP contribution in [0, 0.1) is 6.92 Å². The molecule has 0 unspecified atom stereocenters. The molecule has 0 atom stereocenters. The Bertz CT molecular complexity index is 651. The summed E-state index contributed by atoms with van der Waals surface area (Å²) in [4.78, 5) is 11.7. The number of aryl methyl sites for hydroxylation is 1. The van der Waals surface area contributed by atoms with E-state index in [2.05, 4.69) is 45.0 Å². The molecule has 0 radical (unpaired) electrons. The van der Waals surface area contributed by atoms with Crippen molar-refractivity contribution >= 4 is 28.6 Å². The van der Waals surface area contributed by atoms with Crippen LogP contribution < -0.4 is 10.6 Å². The van der Waals surface area contributed by atoms with Gasteiger partial charge in [-0.3, -0.25) is 4.99 Å². The van der Waals surface area contributed by atoms with Gasteiger partial charge in [0.25, 0.3) is 0 Å². The summed E-state index contributed by atoms with van der Waals surface area (Å²) in [6, 6.07) is 4.37. The fourth-order valence-corrected chi connectivity index (χ4v) is 3.93. The molecule has 7 heteroatoms. The van der Waals surface area contributed by atoms with Gasteiger partial charge in [-0.05, 0) is 45.7 Å². The lowest BCUT2D eigenvalue weighted by Crippen LogP contribution is -2.38. The topological polar surface area (TPSA) is 58.5 Å². The van der Waals surface area contributed by atoms with Crippen molar-refractivity contribution in [3.05, 3.63) is 27.4 Å². The van der Waals surface area contributed by atoms with Crippen molar-refractivity contribution in [1.82, 2.24) is 15.6 Å². The normalized spacial score (nSPS) is 11.7. The van der Waals surface area contributed by atoms with Gasteiger partial charge in [0, 0.05) is 43.1 Å². The number of guanidine groups is 1. The zero-order valence-electron chi connectivity index (χ0n) is 15.3. The maximum atomic E-state index is 5.34. The molecular weight excluding hydrogens is 352 g/mol. The molecule has 2 aromatic heterocycles. The van der Waals surface area contributed by atoms with E-state index in [1.807, 2.05) is 25.2 Å². The number of ether oxygens (including phenoxy) is 1. The van der Waals surface area contributed by atoms with Gasteiger partial charge in [-0.1, -0.05) is 0 Å². The van der Waals surface area contributed by atoms with E-state index in [0.717, 1.165) is 62.4 Å². The molecule has 2 heterocycles. The zero-order valence-corrected chi connectivity index (χ0v) is 16.9. The summed E-state index contributed by atoms with van der Waals surface area (Å²) in [6.45, 7) is 10.2. The lowest BCUT2D eigenvalue weighted by molar-refractivity contribution is 0.146. The average Bonchev–Trinajstić information content (AvgIpc) is 3.23. The van der Waals surface area contributed by atoms with Crippen LogP contribution in [0.15, 0.2) is 22.5 Å². The van der Waals surface area contributed by atoms with Gasteiger partial charge in [0.05, 0.1) is 15.6 Å². The average molecular weight is 381 g/mol. The number of aromatic nitrogens is 1. The van der Waals surface area contributed by atoms with E-state index in [1.165, 1.54) is 9.75 Å². The Morgan fingerprint density at radius 2 is 2.16 bits per heavy atom. The first-order chi connectivity index (χ1) is 12.2. The van der Waals surface area contributed by atoms with Gasteiger partial charge in [-0.15, -0.1) is 22.7 Å². The molecule has 0 bridgehead atoms. The van der Waals surface area contributed by atoms with E-state index in [1.54, 1.807) is 11.3 Å². The van der Waals surface area contributed by atoms with E-state index >= 15 is 0 Å². The van der Waals surface area contributed by atoms with Gasteiger partial charge in [-0.25, -0.2) is 4.98 Å². The number of nitrogens with zero attached hydrogens (tertiary/aromatic N) is 2. The first kappa shape index (κ1) is 19.9. The molecule has 0 saturated carbocycles. The summed E-state index contributed by atoms with van der Waals surface area (Å²) < 4.78 is 5.34. The highest BCUT2D eigenvalue weighted by Crippen LogP contribution is 2.29. The highest BCUT2D eigenvalue weighted by Gasteiger charge is 2.06. The summed E-state index contributed by atoms with van der Waals surface area (Å²) in [6.07, 6.45) is 1.93. The fourth-order valence-electron chi connectivity index (χ4n) is 2.27. The molecular formula is C18H28N4OS2. The Morgan fingerprint density at radius 3 is 2.88 bits per heavy atom. The zero-order chi connectivity index (χ0) is 17.9. The van der Waals surface area contributed by atoms with E-state index in [-0.39, 0.29) is 0 Å². The largest absolute Gasteiger partial charge is 0.382 e. The minimum Gasteiger partial charge on any atom is -0.382 e. The number of aliphatic imine (C=N–C) groups is 1. The number of nitrogens with one attached hydrogen (secondary N) is 2. The molecule has 25 heavy (non-hydrogen) atoms. The molecule has 0 saturated heterocycles. The molecule has 0 aliphatic heterocycles. The van der Waals surface area contributed by atoms with Gasteiger partial charge in [0.15, 0.2) is 5.96 Å². The summed E-state index contributed by atoms with van der Waals surface area (Å²) in [5, 5.41) is 9.93. The molecule has 0 aliphatic rings. The monoisotopic (exact) mass is 380 g/mol. The first-order valence-electron chi connectivity index (χ1n) is 8.84. The van der Waals surface area contributed by atoms with E-state index < -0.39 is 0 Å². The maximum absolute atomic E-state index is 5.34. The molecule has 5 nitrogen and oxygen atoms in total. The van der Waals surface area contributed by atoms with Crippen LogP contribution in [0.4, 0.5) is 0 Å². The van der Waals surface area contributed by atoms with Gasteiger partial charge in [0.2, 0.25) is 0 Å². The van der Waals surface area contributed by atoms with E-state index in [9.17, 15) is 0 Å².